The summed E-state index contributed by atoms with van der Waals surface area (Å²) in [4.78, 5) is 22.7. The zero-order chi connectivity index (χ0) is 18.4. The summed E-state index contributed by atoms with van der Waals surface area (Å²) >= 11 is 0. The van der Waals surface area contributed by atoms with Crippen molar-refractivity contribution in [1.82, 2.24) is 5.32 Å². The van der Waals surface area contributed by atoms with Crippen molar-refractivity contribution in [2.75, 3.05) is 28.5 Å². The van der Waals surface area contributed by atoms with Crippen molar-refractivity contribution in [2.45, 2.75) is 39.5 Å². The van der Waals surface area contributed by atoms with E-state index >= 15 is 0 Å². The second kappa shape index (κ2) is 8.33. The fraction of sp³-hybridized carbons (Fsp3) is 0.529. The van der Waals surface area contributed by atoms with Gasteiger partial charge in [-0.15, -0.1) is 0 Å². The Kier molecular flexibility index (Phi) is 6.41. The van der Waals surface area contributed by atoms with Gasteiger partial charge in [-0.2, -0.15) is 0 Å². The number of carbonyl (C=O) groups is 2. The van der Waals surface area contributed by atoms with Crippen LogP contribution in [0, 0.1) is 0 Å². The molecule has 0 aromatic heterocycles. The number of carbonyl (C=O) groups excluding carboxylic acids is 2. The molecule has 2 amide bonds. The van der Waals surface area contributed by atoms with Gasteiger partial charge in [-0.05, 0) is 30.5 Å². The van der Waals surface area contributed by atoms with Crippen LogP contribution in [0.1, 0.15) is 38.7 Å². The van der Waals surface area contributed by atoms with E-state index in [1.807, 2.05) is 13.0 Å². The van der Waals surface area contributed by atoms with Gasteiger partial charge in [0, 0.05) is 32.1 Å². The quantitative estimate of drug-likeness (QED) is 0.730. The zero-order valence-electron chi connectivity index (χ0n) is 14.7. The molecule has 0 unspecified atom stereocenters. The summed E-state index contributed by atoms with van der Waals surface area (Å²) in [5.41, 5.74) is 2.18. The molecule has 2 rings (SSSR count). The molecule has 1 aliphatic rings. The Morgan fingerprint density at radius 3 is 2.72 bits per heavy atom. The van der Waals surface area contributed by atoms with Gasteiger partial charge in [0.15, 0.2) is 0 Å². The summed E-state index contributed by atoms with van der Waals surface area (Å²) in [5, 5.41) is 5.31. The van der Waals surface area contributed by atoms with Crippen molar-refractivity contribution < 1.29 is 18.0 Å². The molecule has 0 fully saturated rings. The van der Waals surface area contributed by atoms with Crippen LogP contribution >= 0.6 is 0 Å². The summed E-state index contributed by atoms with van der Waals surface area (Å²) in [6.45, 7) is 4.07. The Labute approximate surface area is 148 Å². The van der Waals surface area contributed by atoms with Crippen molar-refractivity contribution in [2.24, 2.45) is 0 Å². The lowest BCUT2D eigenvalue weighted by Crippen LogP contribution is -2.31. The Balaban J connectivity index is 2.06. The molecule has 0 atom stereocenters. The molecule has 0 aliphatic carbocycles. The molecule has 0 spiro atoms. The molecular weight excluding hydrogens is 342 g/mol. The van der Waals surface area contributed by atoms with Gasteiger partial charge >= 0.3 is 0 Å². The predicted molar refractivity (Wildman–Crippen MR) is 98.1 cm³/mol. The number of unbranched alkanes of at least 4 members (excludes halogenated alkanes) is 1. The van der Waals surface area contributed by atoms with Crippen LogP contribution in [-0.2, 0) is 26.0 Å². The highest BCUT2D eigenvalue weighted by Crippen LogP contribution is 2.33. The van der Waals surface area contributed by atoms with Crippen LogP contribution in [-0.4, -0.2) is 39.1 Å². The van der Waals surface area contributed by atoms with E-state index in [9.17, 15) is 18.0 Å². The Bertz CT molecular complexity index is 746. The monoisotopic (exact) mass is 367 g/mol. The van der Waals surface area contributed by atoms with Gasteiger partial charge in [0.1, 0.15) is 0 Å². The highest BCUT2D eigenvalue weighted by atomic mass is 32.2. The molecule has 1 aromatic carbocycles. The normalized spacial score (nSPS) is 13.4. The van der Waals surface area contributed by atoms with Crippen molar-refractivity contribution in [3.05, 3.63) is 23.8 Å². The molecule has 138 valence electrons. The molecule has 1 aromatic rings. The molecule has 0 saturated carbocycles. The van der Waals surface area contributed by atoms with Gasteiger partial charge in [0.05, 0.1) is 11.4 Å². The summed E-state index contributed by atoms with van der Waals surface area (Å²) in [6.07, 6.45) is 2.30. The summed E-state index contributed by atoms with van der Waals surface area (Å²) in [6, 6.07) is 5.34. The third-order valence-corrected chi connectivity index (χ3v) is 5.90. The maximum atomic E-state index is 12.5. The fourth-order valence-electron chi connectivity index (χ4n) is 2.73. The first-order chi connectivity index (χ1) is 11.8. The van der Waals surface area contributed by atoms with Crippen LogP contribution in [0.25, 0.3) is 0 Å². The summed E-state index contributed by atoms with van der Waals surface area (Å²) < 4.78 is 26.4. The van der Waals surface area contributed by atoms with E-state index in [4.69, 9.17) is 0 Å². The fourth-order valence-corrected chi connectivity index (χ4v) is 4.44. The number of hydrogen-bond acceptors (Lipinski definition) is 4. The van der Waals surface area contributed by atoms with E-state index < -0.39 is 10.0 Å². The Hall–Kier alpha value is -2.09. The van der Waals surface area contributed by atoms with Gasteiger partial charge in [-0.25, -0.2) is 8.42 Å². The summed E-state index contributed by atoms with van der Waals surface area (Å²) in [5.74, 6) is -0.277. The molecule has 1 aliphatic heterocycles. The van der Waals surface area contributed by atoms with Crippen LogP contribution in [0.4, 0.5) is 11.4 Å². The molecule has 0 saturated heterocycles. The highest BCUT2D eigenvalue weighted by Gasteiger charge is 2.29. The number of nitrogens with one attached hydrogen (secondary N) is 2. The summed E-state index contributed by atoms with van der Waals surface area (Å²) in [7, 11) is -3.33. The topological polar surface area (TPSA) is 95.6 Å². The Morgan fingerprint density at radius 2 is 2.04 bits per heavy atom. The number of benzene rings is 1. The Morgan fingerprint density at radius 1 is 1.28 bits per heavy atom. The van der Waals surface area contributed by atoms with E-state index in [1.165, 1.54) is 11.2 Å². The largest absolute Gasteiger partial charge is 0.356 e. The SMILES string of the molecule is CCCCS(=O)(=O)N1CCc2ccc(NC(=O)CCNC(C)=O)cc21. The third-order valence-electron chi connectivity index (χ3n) is 4.04. The third kappa shape index (κ3) is 5.19. The molecule has 25 heavy (non-hydrogen) atoms. The molecular formula is C17H25N3O4S. The first-order valence-corrected chi connectivity index (χ1v) is 10.1. The minimum absolute atomic E-state index is 0.135. The van der Waals surface area contributed by atoms with Gasteiger partial charge in [-0.1, -0.05) is 19.4 Å². The lowest BCUT2D eigenvalue weighted by Gasteiger charge is -2.20. The van der Waals surface area contributed by atoms with Crippen LogP contribution in [0.5, 0.6) is 0 Å². The smallest absolute Gasteiger partial charge is 0.235 e. The average molecular weight is 367 g/mol. The molecule has 8 heteroatoms. The van der Waals surface area contributed by atoms with Crippen LogP contribution in [0.2, 0.25) is 0 Å². The standard InChI is InChI=1S/C17H25N3O4S/c1-3-4-11-25(23,24)20-10-8-14-5-6-15(12-16(14)20)19-17(22)7-9-18-13(2)21/h5-6,12H,3-4,7-11H2,1-2H3,(H,18,21)(H,19,22). The minimum Gasteiger partial charge on any atom is -0.356 e. The molecule has 1 heterocycles. The number of nitrogens with zero attached hydrogens (tertiary/aromatic N) is 1. The highest BCUT2D eigenvalue weighted by molar-refractivity contribution is 7.92. The number of anilines is 2. The molecule has 2 N–H and O–H groups in total. The predicted octanol–water partition coefficient (Wildman–Crippen LogP) is 1.64. The van der Waals surface area contributed by atoms with E-state index in [-0.39, 0.29) is 30.5 Å². The van der Waals surface area contributed by atoms with Crippen molar-refractivity contribution in [3.8, 4) is 0 Å². The first kappa shape index (κ1) is 19.2. The van der Waals surface area contributed by atoms with Gasteiger partial charge in [0.2, 0.25) is 21.8 Å². The van der Waals surface area contributed by atoms with Gasteiger partial charge in [-0.3, -0.25) is 13.9 Å². The lowest BCUT2D eigenvalue weighted by molar-refractivity contribution is -0.119. The van der Waals surface area contributed by atoms with Gasteiger partial charge in [0.25, 0.3) is 0 Å². The number of hydrogen-bond donors (Lipinski definition) is 2. The maximum Gasteiger partial charge on any atom is 0.235 e. The number of sulfonamides is 1. The van der Waals surface area contributed by atoms with E-state index in [0.717, 1.165) is 12.0 Å². The van der Waals surface area contributed by atoms with E-state index in [1.54, 1.807) is 12.1 Å². The molecule has 7 nitrogen and oxygen atoms in total. The zero-order valence-corrected chi connectivity index (χ0v) is 15.5. The molecule has 0 bridgehead atoms. The van der Waals surface area contributed by atoms with Crippen molar-refractivity contribution in [3.63, 3.8) is 0 Å². The average Bonchev–Trinajstić information content (AvgIpc) is 2.96. The van der Waals surface area contributed by atoms with Crippen molar-refractivity contribution in [1.29, 1.82) is 0 Å². The van der Waals surface area contributed by atoms with E-state index in [2.05, 4.69) is 10.6 Å². The first-order valence-electron chi connectivity index (χ1n) is 8.51. The van der Waals surface area contributed by atoms with Crippen LogP contribution < -0.4 is 14.9 Å². The number of rotatable bonds is 8. The lowest BCUT2D eigenvalue weighted by atomic mass is 10.1. The van der Waals surface area contributed by atoms with Crippen LogP contribution in [0.3, 0.4) is 0 Å². The minimum atomic E-state index is -3.33. The van der Waals surface area contributed by atoms with E-state index in [0.29, 0.717) is 30.8 Å². The second-order valence-electron chi connectivity index (χ2n) is 6.12. The van der Waals surface area contributed by atoms with Crippen LogP contribution in [0.15, 0.2) is 18.2 Å². The van der Waals surface area contributed by atoms with Crippen molar-refractivity contribution >= 4 is 33.2 Å². The second-order valence-corrected chi connectivity index (χ2v) is 8.13. The number of amides is 2. The molecule has 0 radical (unpaired) electrons. The number of fused-ring (bicyclic) bond motifs is 1. The van der Waals surface area contributed by atoms with Gasteiger partial charge < -0.3 is 10.6 Å². The maximum absolute atomic E-state index is 12.5.